The molecule has 0 saturated heterocycles. The van der Waals surface area contributed by atoms with E-state index in [1.165, 1.54) is 0 Å². The van der Waals surface area contributed by atoms with Crippen molar-refractivity contribution in [1.29, 1.82) is 0 Å². The Kier molecular flexibility index (Phi) is 4.14. The van der Waals surface area contributed by atoms with Gasteiger partial charge in [0.25, 0.3) is 0 Å². The summed E-state index contributed by atoms with van der Waals surface area (Å²) < 4.78 is 12.3. The normalized spacial score (nSPS) is 10.5. The Morgan fingerprint density at radius 2 is 2.09 bits per heavy atom. The first-order valence-corrected chi connectivity index (χ1v) is 7.14. The summed E-state index contributed by atoms with van der Waals surface area (Å²) in [5, 5.41) is 2.84. The van der Waals surface area contributed by atoms with Crippen molar-refractivity contribution in [2.24, 2.45) is 0 Å². The minimum atomic E-state index is -0.156. The Morgan fingerprint density at radius 3 is 2.83 bits per heavy atom. The zero-order chi connectivity index (χ0) is 16.2. The van der Waals surface area contributed by atoms with Gasteiger partial charge in [-0.05, 0) is 24.3 Å². The van der Waals surface area contributed by atoms with Crippen molar-refractivity contribution in [3.8, 4) is 11.5 Å². The van der Waals surface area contributed by atoms with Gasteiger partial charge in [0.2, 0.25) is 5.91 Å². The maximum Gasteiger partial charge on any atom is 0.230 e. The molecular weight excluding hydrogens is 294 g/mol. The lowest BCUT2D eigenvalue weighted by Crippen LogP contribution is -2.15. The summed E-state index contributed by atoms with van der Waals surface area (Å²) in [4.78, 5) is 16.6. The maximum atomic E-state index is 12.2. The van der Waals surface area contributed by atoms with Gasteiger partial charge < -0.3 is 19.2 Å². The van der Waals surface area contributed by atoms with Gasteiger partial charge in [0.1, 0.15) is 17.1 Å². The minimum absolute atomic E-state index is 0.156. The quantitative estimate of drug-likeness (QED) is 0.786. The van der Waals surface area contributed by atoms with Crippen LogP contribution in [0.15, 0.2) is 48.8 Å². The van der Waals surface area contributed by atoms with E-state index in [2.05, 4.69) is 10.3 Å². The number of carbonyl (C=O) groups excluding carboxylic acids is 1. The van der Waals surface area contributed by atoms with Crippen molar-refractivity contribution in [2.45, 2.75) is 6.42 Å². The van der Waals surface area contributed by atoms with E-state index in [9.17, 15) is 4.79 Å². The zero-order valence-corrected chi connectivity index (χ0v) is 12.9. The second-order valence-corrected chi connectivity index (χ2v) is 4.99. The molecule has 6 nitrogen and oxygen atoms in total. The molecule has 6 heteroatoms. The van der Waals surface area contributed by atoms with Crippen LogP contribution in [0.2, 0.25) is 0 Å². The fraction of sp³-hybridized carbons (Fsp3) is 0.176. The summed E-state index contributed by atoms with van der Waals surface area (Å²) in [6.45, 7) is 0. The highest BCUT2D eigenvalue weighted by molar-refractivity contribution is 5.93. The lowest BCUT2D eigenvalue weighted by atomic mass is 10.2. The molecular formula is C17H17N3O3. The summed E-state index contributed by atoms with van der Waals surface area (Å²) >= 11 is 0. The van der Waals surface area contributed by atoms with Gasteiger partial charge >= 0.3 is 0 Å². The molecule has 0 spiro atoms. The largest absolute Gasteiger partial charge is 0.497 e. The van der Waals surface area contributed by atoms with Gasteiger partial charge in [-0.15, -0.1) is 0 Å². The van der Waals surface area contributed by atoms with E-state index in [0.717, 1.165) is 5.65 Å². The molecule has 0 atom stereocenters. The van der Waals surface area contributed by atoms with E-state index in [1.54, 1.807) is 32.4 Å². The third kappa shape index (κ3) is 3.26. The molecule has 0 aliphatic carbocycles. The highest BCUT2D eigenvalue weighted by atomic mass is 16.5. The molecule has 0 saturated carbocycles. The monoisotopic (exact) mass is 311 g/mol. The molecule has 2 aromatic heterocycles. The van der Waals surface area contributed by atoms with Crippen LogP contribution in [-0.2, 0) is 11.2 Å². The first kappa shape index (κ1) is 14.9. The van der Waals surface area contributed by atoms with Crippen molar-refractivity contribution in [3.63, 3.8) is 0 Å². The molecule has 3 rings (SSSR count). The van der Waals surface area contributed by atoms with Crippen LogP contribution in [-0.4, -0.2) is 29.5 Å². The van der Waals surface area contributed by atoms with E-state index in [1.807, 2.05) is 35.0 Å². The average Bonchev–Trinajstić information content (AvgIpc) is 2.97. The Morgan fingerprint density at radius 1 is 1.22 bits per heavy atom. The average molecular weight is 311 g/mol. The molecule has 1 amide bonds. The summed E-state index contributed by atoms with van der Waals surface area (Å²) in [5.41, 5.74) is 2.13. The molecule has 0 bridgehead atoms. The predicted molar refractivity (Wildman–Crippen MR) is 87.1 cm³/mol. The van der Waals surface area contributed by atoms with Crippen LogP contribution >= 0.6 is 0 Å². The van der Waals surface area contributed by atoms with Gasteiger partial charge in [-0.25, -0.2) is 4.98 Å². The van der Waals surface area contributed by atoms with Crippen LogP contribution in [0.3, 0.4) is 0 Å². The molecule has 0 fully saturated rings. The van der Waals surface area contributed by atoms with Crippen LogP contribution in [0.5, 0.6) is 11.5 Å². The van der Waals surface area contributed by atoms with Crippen LogP contribution in [0.1, 0.15) is 5.69 Å². The number of nitrogens with zero attached hydrogens (tertiary/aromatic N) is 2. The van der Waals surface area contributed by atoms with Crippen molar-refractivity contribution in [3.05, 3.63) is 54.5 Å². The number of methoxy groups -OCH3 is 2. The van der Waals surface area contributed by atoms with Crippen LogP contribution < -0.4 is 14.8 Å². The second kappa shape index (κ2) is 6.39. The minimum Gasteiger partial charge on any atom is -0.497 e. The fourth-order valence-electron chi connectivity index (χ4n) is 2.33. The van der Waals surface area contributed by atoms with E-state index in [0.29, 0.717) is 22.9 Å². The van der Waals surface area contributed by atoms with E-state index in [4.69, 9.17) is 9.47 Å². The van der Waals surface area contributed by atoms with E-state index < -0.39 is 0 Å². The topological polar surface area (TPSA) is 64.9 Å². The predicted octanol–water partition coefficient (Wildman–Crippen LogP) is 2.53. The third-order valence-electron chi connectivity index (χ3n) is 3.44. The van der Waals surface area contributed by atoms with Crippen LogP contribution in [0.25, 0.3) is 5.65 Å². The Labute approximate surface area is 133 Å². The molecule has 0 radical (unpaired) electrons. The second-order valence-electron chi connectivity index (χ2n) is 4.99. The van der Waals surface area contributed by atoms with Gasteiger partial charge in [-0.3, -0.25) is 4.79 Å². The van der Waals surface area contributed by atoms with E-state index >= 15 is 0 Å². The van der Waals surface area contributed by atoms with Gasteiger partial charge in [-0.1, -0.05) is 6.07 Å². The SMILES string of the molecule is COc1ccc(NC(=O)Cc2cn3ccccc3n2)c(OC)c1. The van der Waals surface area contributed by atoms with Crippen molar-refractivity contribution < 1.29 is 14.3 Å². The van der Waals surface area contributed by atoms with Crippen molar-refractivity contribution in [1.82, 2.24) is 9.38 Å². The summed E-state index contributed by atoms with van der Waals surface area (Å²) in [6, 6.07) is 11.0. The lowest BCUT2D eigenvalue weighted by Gasteiger charge is -2.11. The number of rotatable bonds is 5. The molecule has 1 aromatic carbocycles. The molecule has 0 aliphatic heterocycles. The number of anilines is 1. The Bertz CT molecular complexity index is 809. The lowest BCUT2D eigenvalue weighted by molar-refractivity contribution is -0.115. The number of ether oxygens (including phenoxy) is 2. The number of pyridine rings is 1. The van der Waals surface area contributed by atoms with Gasteiger partial charge in [0, 0.05) is 18.5 Å². The molecule has 23 heavy (non-hydrogen) atoms. The van der Waals surface area contributed by atoms with Gasteiger partial charge in [0.05, 0.1) is 32.0 Å². The van der Waals surface area contributed by atoms with Crippen LogP contribution in [0, 0.1) is 0 Å². The van der Waals surface area contributed by atoms with E-state index in [-0.39, 0.29) is 12.3 Å². The smallest absolute Gasteiger partial charge is 0.230 e. The number of fused-ring (bicyclic) bond motifs is 1. The fourth-order valence-corrected chi connectivity index (χ4v) is 2.33. The van der Waals surface area contributed by atoms with Gasteiger partial charge in [-0.2, -0.15) is 0 Å². The maximum absolute atomic E-state index is 12.2. The first-order chi connectivity index (χ1) is 11.2. The molecule has 3 aromatic rings. The van der Waals surface area contributed by atoms with Crippen molar-refractivity contribution in [2.75, 3.05) is 19.5 Å². The summed E-state index contributed by atoms with van der Waals surface area (Å²) in [5.74, 6) is 1.06. The highest BCUT2D eigenvalue weighted by Crippen LogP contribution is 2.29. The number of imidazole rings is 1. The number of nitrogens with one attached hydrogen (secondary N) is 1. The molecule has 118 valence electrons. The molecule has 2 heterocycles. The van der Waals surface area contributed by atoms with Crippen LogP contribution in [0.4, 0.5) is 5.69 Å². The number of aromatic nitrogens is 2. The number of hydrogen-bond acceptors (Lipinski definition) is 4. The Balaban J connectivity index is 1.74. The summed E-state index contributed by atoms with van der Waals surface area (Å²) in [6.07, 6.45) is 3.94. The standard InChI is InChI=1S/C17H17N3O3/c1-22-13-6-7-14(15(10-13)23-2)19-17(21)9-12-11-20-8-4-3-5-16(20)18-12/h3-8,10-11H,9H2,1-2H3,(H,19,21). The van der Waals surface area contributed by atoms with Gasteiger partial charge in [0.15, 0.2) is 0 Å². The molecule has 0 aliphatic rings. The molecule has 0 unspecified atom stereocenters. The molecule has 1 N–H and O–H groups in total. The summed E-state index contributed by atoms with van der Waals surface area (Å²) in [7, 11) is 3.13. The third-order valence-corrected chi connectivity index (χ3v) is 3.44. The van der Waals surface area contributed by atoms with Crippen molar-refractivity contribution >= 4 is 17.2 Å². The Hall–Kier alpha value is -3.02. The number of hydrogen-bond donors (Lipinski definition) is 1. The highest BCUT2D eigenvalue weighted by Gasteiger charge is 2.11. The number of amides is 1. The zero-order valence-electron chi connectivity index (χ0n) is 12.9. The number of carbonyl (C=O) groups is 1. The first-order valence-electron chi connectivity index (χ1n) is 7.14. The number of benzene rings is 1.